The minimum Gasteiger partial charge on any atom is -0.335 e. The van der Waals surface area contributed by atoms with Crippen molar-refractivity contribution in [3.05, 3.63) is 53.6 Å². The van der Waals surface area contributed by atoms with E-state index in [2.05, 4.69) is 9.97 Å². The number of hydrogen-bond acceptors (Lipinski definition) is 4. The Kier molecular flexibility index (Phi) is 3.38. The molecular formula is C16H16N4OS. The van der Waals surface area contributed by atoms with E-state index in [-0.39, 0.29) is 5.91 Å². The first-order chi connectivity index (χ1) is 10.8. The number of amides is 1. The van der Waals surface area contributed by atoms with Gasteiger partial charge in [0.05, 0.1) is 12.1 Å². The van der Waals surface area contributed by atoms with Gasteiger partial charge in [-0.2, -0.15) is 0 Å². The summed E-state index contributed by atoms with van der Waals surface area (Å²) in [6.45, 7) is 0.638. The van der Waals surface area contributed by atoms with Crippen molar-refractivity contribution in [2.45, 2.75) is 31.8 Å². The summed E-state index contributed by atoms with van der Waals surface area (Å²) >= 11 is 1.58. The van der Waals surface area contributed by atoms with Crippen LogP contribution in [-0.2, 0) is 17.8 Å². The van der Waals surface area contributed by atoms with Crippen LogP contribution in [0.4, 0.5) is 0 Å². The smallest absolute Gasteiger partial charge is 0.229 e. The van der Waals surface area contributed by atoms with E-state index in [9.17, 15) is 4.79 Å². The van der Waals surface area contributed by atoms with E-state index in [4.69, 9.17) is 0 Å². The van der Waals surface area contributed by atoms with Gasteiger partial charge in [0.25, 0.3) is 0 Å². The van der Waals surface area contributed by atoms with E-state index in [1.165, 1.54) is 0 Å². The van der Waals surface area contributed by atoms with Crippen molar-refractivity contribution in [3.63, 3.8) is 0 Å². The number of carbonyl (C=O) groups is 1. The highest BCUT2D eigenvalue weighted by molar-refractivity contribution is 7.15. The number of hydrogen-bond donors (Lipinski definition) is 0. The third-order valence-electron chi connectivity index (χ3n) is 3.86. The molecule has 6 heteroatoms. The van der Waals surface area contributed by atoms with E-state index in [0.29, 0.717) is 19.0 Å². The lowest BCUT2D eigenvalue weighted by Gasteiger charge is -2.22. The molecule has 1 fully saturated rings. The molecule has 3 heterocycles. The third-order valence-corrected chi connectivity index (χ3v) is 4.63. The molecule has 0 atom stereocenters. The molecule has 0 saturated heterocycles. The fourth-order valence-corrected chi connectivity index (χ4v) is 3.33. The summed E-state index contributed by atoms with van der Waals surface area (Å²) in [6, 6.07) is 4.31. The van der Waals surface area contributed by atoms with Crippen LogP contribution in [-0.4, -0.2) is 31.2 Å². The van der Waals surface area contributed by atoms with Crippen LogP contribution in [0.25, 0.3) is 4.96 Å². The monoisotopic (exact) mass is 312 g/mol. The first-order valence-corrected chi connectivity index (χ1v) is 8.27. The Morgan fingerprint density at radius 3 is 3.09 bits per heavy atom. The lowest BCUT2D eigenvalue weighted by molar-refractivity contribution is -0.131. The maximum absolute atomic E-state index is 12.7. The molecule has 0 aromatic carbocycles. The number of fused-ring (bicyclic) bond motifs is 1. The summed E-state index contributed by atoms with van der Waals surface area (Å²) < 4.78 is 1.97. The molecule has 4 rings (SSSR count). The number of imidazole rings is 1. The van der Waals surface area contributed by atoms with Gasteiger partial charge in [-0.3, -0.25) is 14.2 Å². The van der Waals surface area contributed by atoms with Crippen LogP contribution in [0.2, 0.25) is 0 Å². The molecule has 5 nitrogen and oxygen atoms in total. The largest absolute Gasteiger partial charge is 0.335 e. The Balaban J connectivity index is 1.49. The van der Waals surface area contributed by atoms with E-state index in [1.54, 1.807) is 17.5 Å². The lowest BCUT2D eigenvalue weighted by atomic mass is 10.2. The summed E-state index contributed by atoms with van der Waals surface area (Å²) in [5, 5.41) is 1.99. The maximum Gasteiger partial charge on any atom is 0.229 e. The van der Waals surface area contributed by atoms with Crippen molar-refractivity contribution in [3.8, 4) is 0 Å². The lowest BCUT2D eigenvalue weighted by Crippen LogP contribution is -2.33. The Labute approximate surface area is 132 Å². The zero-order chi connectivity index (χ0) is 14.9. The normalized spacial score (nSPS) is 14.4. The van der Waals surface area contributed by atoms with Crippen LogP contribution >= 0.6 is 11.3 Å². The van der Waals surface area contributed by atoms with Crippen LogP contribution < -0.4 is 0 Å². The van der Waals surface area contributed by atoms with Crippen LogP contribution in [0.5, 0.6) is 0 Å². The molecule has 1 saturated carbocycles. The summed E-state index contributed by atoms with van der Waals surface area (Å²) in [5.41, 5.74) is 1.92. The molecular weight excluding hydrogens is 296 g/mol. The van der Waals surface area contributed by atoms with Gasteiger partial charge in [0.2, 0.25) is 5.91 Å². The fourth-order valence-electron chi connectivity index (χ4n) is 2.61. The number of carbonyl (C=O) groups excluding carboxylic acids is 1. The van der Waals surface area contributed by atoms with E-state index in [0.717, 1.165) is 29.1 Å². The van der Waals surface area contributed by atoms with Crippen LogP contribution in [0.15, 0.2) is 42.3 Å². The summed E-state index contributed by atoms with van der Waals surface area (Å²) in [6.07, 6.45) is 10.1. The highest BCUT2D eigenvalue weighted by Crippen LogP contribution is 2.29. The first kappa shape index (κ1) is 13.5. The summed E-state index contributed by atoms with van der Waals surface area (Å²) in [5.74, 6) is 0.150. The van der Waals surface area contributed by atoms with Crippen molar-refractivity contribution in [2.75, 3.05) is 0 Å². The number of pyridine rings is 1. The molecule has 22 heavy (non-hydrogen) atoms. The van der Waals surface area contributed by atoms with Crippen LogP contribution in [0, 0.1) is 0 Å². The van der Waals surface area contributed by atoms with Gasteiger partial charge >= 0.3 is 0 Å². The maximum atomic E-state index is 12.7. The second-order valence-corrected chi connectivity index (χ2v) is 6.49. The van der Waals surface area contributed by atoms with E-state index < -0.39 is 0 Å². The Hall–Kier alpha value is -2.21. The molecule has 1 aliphatic rings. The van der Waals surface area contributed by atoms with Gasteiger partial charge < -0.3 is 4.90 Å². The number of aromatic nitrogens is 3. The van der Waals surface area contributed by atoms with Crippen molar-refractivity contribution in [1.82, 2.24) is 19.3 Å². The molecule has 0 spiro atoms. The predicted octanol–water partition coefficient (Wildman–Crippen LogP) is 2.52. The third kappa shape index (κ3) is 2.74. The summed E-state index contributed by atoms with van der Waals surface area (Å²) in [7, 11) is 0. The Bertz CT molecular complexity index is 762. The first-order valence-electron chi connectivity index (χ1n) is 7.39. The molecule has 0 unspecified atom stereocenters. The molecule has 0 aliphatic heterocycles. The van der Waals surface area contributed by atoms with Gasteiger partial charge in [-0.05, 0) is 24.5 Å². The molecule has 1 aliphatic carbocycles. The second-order valence-electron chi connectivity index (χ2n) is 5.62. The number of thiazole rings is 1. The molecule has 0 bridgehead atoms. The van der Waals surface area contributed by atoms with Gasteiger partial charge in [0.1, 0.15) is 0 Å². The molecule has 1 amide bonds. The molecule has 0 radical (unpaired) electrons. The van der Waals surface area contributed by atoms with Crippen molar-refractivity contribution in [2.24, 2.45) is 0 Å². The molecule has 112 valence electrons. The topological polar surface area (TPSA) is 50.5 Å². The Morgan fingerprint density at radius 1 is 1.45 bits per heavy atom. The summed E-state index contributed by atoms with van der Waals surface area (Å²) in [4.78, 5) is 24.2. The van der Waals surface area contributed by atoms with Crippen molar-refractivity contribution in [1.29, 1.82) is 0 Å². The average molecular weight is 312 g/mol. The molecule has 0 N–H and O–H groups in total. The predicted molar refractivity (Wildman–Crippen MR) is 84.6 cm³/mol. The fraction of sp³-hybridized carbons (Fsp3) is 0.312. The van der Waals surface area contributed by atoms with Gasteiger partial charge in [-0.15, -0.1) is 11.3 Å². The quantitative estimate of drug-likeness (QED) is 0.727. The molecule has 3 aromatic heterocycles. The minimum absolute atomic E-state index is 0.150. The minimum atomic E-state index is 0.150. The Morgan fingerprint density at radius 2 is 2.36 bits per heavy atom. The number of nitrogens with zero attached hydrogens (tertiary/aromatic N) is 4. The SMILES string of the molecule is O=C(Cc1cn2ccsc2n1)N(Cc1cccnc1)C1CC1. The van der Waals surface area contributed by atoms with Crippen molar-refractivity contribution < 1.29 is 4.79 Å². The molecule has 3 aromatic rings. The van der Waals surface area contributed by atoms with Crippen LogP contribution in [0.1, 0.15) is 24.1 Å². The van der Waals surface area contributed by atoms with E-state index in [1.807, 2.05) is 45.4 Å². The standard InChI is InChI=1S/C16H16N4OS/c21-15(8-13-11-19-6-7-22-16(19)18-13)20(14-3-4-14)10-12-2-1-5-17-9-12/h1-2,5-7,9,11,14H,3-4,8,10H2. The average Bonchev–Trinajstić information content (AvgIpc) is 3.15. The highest BCUT2D eigenvalue weighted by atomic mass is 32.1. The zero-order valence-corrected chi connectivity index (χ0v) is 12.9. The highest BCUT2D eigenvalue weighted by Gasteiger charge is 2.32. The van der Waals surface area contributed by atoms with Gasteiger partial charge in [-0.1, -0.05) is 6.07 Å². The zero-order valence-electron chi connectivity index (χ0n) is 12.1. The van der Waals surface area contributed by atoms with Gasteiger partial charge in [-0.25, -0.2) is 4.98 Å². The van der Waals surface area contributed by atoms with Crippen LogP contribution in [0.3, 0.4) is 0 Å². The number of rotatable bonds is 5. The van der Waals surface area contributed by atoms with Gasteiger partial charge in [0, 0.05) is 42.8 Å². The van der Waals surface area contributed by atoms with E-state index >= 15 is 0 Å². The van der Waals surface area contributed by atoms with Gasteiger partial charge in [0.15, 0.2) is 4.96 Å². The second kappa shape index (κ2) is 5.53. The van der Waals surface area contributed by atoms with Crippen molar-refractivity contribution >= 4 is 22.2 Å².